The summed E-state index contributed by atoms with van der Waals surface area (Å²) >= 11 is 0. The summed E-state index contributed by atoms with van der Waals surface area (Å²) < 4.78 is 4.54. The van der Waals surface area contributed by atoms with Gasteiger partial charge in [-0.2, -0.15) is 0 Å². The van der Waals surface area contributed by atoms with Gasteiger partial charge in [-0.1, -0.05) is 133 Å². The largest absolute Gasteiger partial charge is 0.306 e. The molecule has 1 aliphatic rings. The van der Waals surface area contributed by atoms with Crippen molar-refractivity contribution in [2.24, 2.45) is 0 Å². The highest BCUT2D eigenvalue weighted by atomic mass is 15.2. The molecule has 50 heavy (non-hydrogen) atoms. The van der Waals surface area contributed by atoms with Gasteiger partial charge < -0.3 is 4.57 Å². The molecule has 0 aliphatic heterocycles. The summed E-state index contributed by atoms with van der Waals surface area (Å²) in [4.78, 5) is 10.2. The SMILES string of the molecule is c1ccc(C2c3cccc4ccc5c(c34)c3c(cccc3n5-c3ncc(-n4c5ccccc5c5ccccc54)cn3)C2c2ccccc2)cc1. The van der Waals surface area contributed by atoms with Crippen molar-refractivity contribution in [1.29, 1.82) is 0 Å². The number of para-hydroxylation sites is 2. The quantitative estimate of drug-likeness (QED) is 0.192. The standard InChI is InChI=1S/C46H30N4/c1-3-13-29(14-4-1)41-35-20-11-17-31-25-26-40-45(43(31)35)44-36(42(41)30-15-5-2-6-16-30)21-12-24-39(44)50(40)46-47-27-32(28-48-46)49-37-22-9-7-18-33(37)34-19-8-10-23-38(34)49/h1-28,41-42H. The molecule has 11 rings (SSSR count). The van der Waals surface area contributed by atoms with Gasteiger partial charge in [0.15, 0.2) is 0 Å². The van der Waals surface area contributed by atoms with E-state index in [4.69, 9.17) is 9.97 Å². The minimum atomic E-state index is 0.109. The zero-order chi connectivity index (χ0) is 32.8. The van der Waals surface area contributed by atoms with Gasteiger partial charge in [0.2, 0.25) is 5.95 Å². The number of benzene rings is 7. The van der Waals surface area contributed by atoms with Crippen molar-refractivity contribution in [3.8, 4) is 11.6 Å². The molecule has 2 atom stereocenters. The second-order valence-corrected chi connectivity index (χ2v) is 13.4. The summed E-state index contributed by atoms with van der Waals surface area (Å²) in [6.45, 7) is 0. The molecule has 0 amide bonds. The fourth-order valence-corrected chi connectivity index (χ4v) is 8.89. The Kier molecular flexibility index (Phi) is 5.75. The highest BCUT2D eigenvalue weighted by Crippen LogP contribution is 2.53. The number of rotatable bonds is 4. The lowest BCUT2D eigenvalue weighted by Gasteiger charge is -2.29. The maximum absolute atomic E-state index is 5.11. The average Bonchev–Trinajstić information content (AvgIpc) is 3.66. The van der Waals surface area contributed by atoms with Crippen molar-refractivity contribution < 1.29 is 0 Å². The Labute approximate surface area is 288 Å². The summed E-state index contributed by atoms with van der Waals surface area (Å²) in [6.07, 6.45) is 3.94. The third kappa shape index (κ3) is 3.76. The Morgan fingerprint density at radius 2 is 0.900 bits per heavy atom. The van der Waals surface area contributed by atoms with Crippen molar-refractivity contribution >= 4 is 54.4 Å². The molecule has 0 bridgehead atoms. The summed E-state index contributed by atoms with van der Waals surface area (Å²) in [6, 6.07) is 57.3. The van der Waals surface area contributed by atoms with Gasteiger partial charge in [-0.3, -0.25) is 4.57 Å². The van der Waals surface area contributed by atoms with Gasteiger partial charge in [0, 0.05) is 33.4 Å². The van der Waals surface area contributed by atoms with Crippen molar-refractivity contribution in [1.82, 2.24) is 19.1 Å². The minimum absolute atomic E-state index is 0.109. The molecule has 0 spiro atoms. The normalized spacial score (nSPS) is 15.6. The van der Waals surface area contributed by atoms with Gasteiger partial charge in [-0.15, -0.1) is 0 Å². The van der Waals surface area contributed by atoms with Gasteiger partial charge in [0.1, 0.15) is 0 Å². The highest BCUT2D eigenvalue weighted by Gasteiger charge is 2.35. The van der Waals surface area contributed by atoms with E-state index < -0.39 is 0 Å². The van der Waals surface area contributed by atoms with Gasteiger partial charge in [0.05, 0.1) is 40.1 Å². The van der Waals surface area contributed by atoms with E-state index in [1.807, 2.05) is 12.4 Å². The fraction of sp³-hybridized carbons (Fsp3) is 0.0435. The van der Waals surface area contributed by atoms with Gasteiger partial charge in [-0.25, -0.2) is 9.97 Å². The van der Waals surface area contributed by atoms with Crippen LogP contribution in [0.3, 0.4) is 0 Å². The lowest BCUT2D eigenvalue weighted by atomic mass is 9.73. The number of aromatic nitrogens is 4. The molecule has 2 unspecified atom stereocenters. The second kappa shape index (κ2) is 10.5. The van der Waals surface area contributed by atoms with Crippen LogP contribution >= 0.6 is 0 Å². The van der Waals surface area contributed by atoms with E-state index >= 15 is 0 Å². The molecule has 3 aromatic heterocycles. The zero-order valence-electron chi connectivity index (χ0n) is 27.1. The molecule has 4 nitrogen and oxygen atoms in total. The smallest absolute Gasteiger partial charge is 0.234 e. The van der Waals surface area contributed by atoms with E-state index in [-0.39, 0.29) is 11.8 Å². The van der Waals surface area contributed by atoms with Crippen LogP contribution in [0.5, 0.6) is 0 Å². The molecular weight excluding hydrogens is 609 g/mol. The minimum Gasteiger partial charge on any atom is -0.306 e. The van der Waals surface area contributed by atoms with Crippen molar-refractivity contribution in [2.75, 3.05) is 0 Å². The fourth-order valence-electron chi connectivity index (χ4n) is 8.89. The van der Waals surface area contributed by atoms with Gasteiger partial charge in [-0.05, 0) is 57.3 Å². The lowest BCUT2D eigenvalue weighted by molar-refractivity contribution is 0.705. The molecule has 4 heteroatoms. The molecule has 7 aromatic carbocycles. The van der Waals surface area contributed by atoms with Gasteiger partial charge in [0.25, 0.3) is 0 Å². The average molecular weight is 639 g/mol. The lowest BCUT2D eigenvalue weighted by Crippen LogP contribution is -2.14. The van der Waals surface area contributed by atoms with E-state index in [0.29, 0.717) is 5.95 Å². The maximum Gasteiger partial charge on any atom is 0.234 e. The van der Waals surface area contributed by atoms with Crippen LogP contribution in [0.15, 0.2) is 170 Å². The number of hydrogen-bond acceptors (Lipinski definition) is 2. The number of nitrogens with zero attached hydrogens (tertiary/aromatic N) is 4. The first kappa shape index (κ1) is 27.4. The van der Waals surface area contributed by atoms with Crippen molar-refractivity contribution in [3.05, 3.63) is 192 Å². The highest BCUT2D eigenvalue weighted by molar-refractivity contribution is 6.24. The van der Waals surface area contributed by atoms with Crippen LogP contribution < -0.4 is 0 Å². The predicted molar refractivity (Wildman–Crippen MR) is 205 cm³/mol. The number of fused-ring (bicyclic) bond motifs is 3. The molecule has 3 heterocycles. The predicted octanol–water partition coefficient (Wildman–Crippen LogP) is 11.1. The first-order valence-electron chi connectivity index (χ1n) is 17.2. The first-order valence-corrected chi connectivity index (χ1v) is 17.2. The van der Waals surface area contributed by atoms with Crippen LogP contribution in [0.2, 0.25) is 0 Å². The first-order chi connectivity index (χ1) is 24.8. The van der Waals surface area contributed by atoms with E-state index in [1.165, 1.54) is 54.6 Å². The summed E-state index contributed by atoms with van der Waals surface area (Å²) in [5.74, 6) is 0.916. The molecule has 0 N–H and O–H groups in total. The third-order valence-corrected chi connectivity index (χ3v) is 10.8. The van der Waals surface area contributed by atoms with E-state index in [0.717, 1.165) is 27.8 Å². The number of hydrogen-bond donors (Lipinski definition) is 0. The summed E-state index contributed by atoms with van der Waals surface area (Å²) in [7, 11) is 0. The Morgan fingerprint density at radius 1 is 0.380 bits per heavy atom. The molecule has 1 aliphatic carbocycles. The Bertz CT molecular complexity index is 2870. The molecule has 10 aromatic rings. The topological polar surface area (TPSA) is 35.6 Å². The van der Waals surface area contributed by atoms with Crippen LogP contribution in [0, 0.1) is 0 Å². The Balaban J connectivity index is 1.20. The monoisotopic (exact) mass is 638 g/mol. The summed E-state index contributed by atoms with van der Waals surface area (Å²) in [5, 5.41) is 7.57. The maximum atomic E-state index is 5.11. The molecule has 0 fully saturated rings. The molecule has 0 radical (unpaired) electrons. The molecule has 0 saturated heterocycles. The molecule has 0 saturated carbocycles. The van der Waals surface area contributed by atoms with Crippen LogP contribution in [0.4, 0.5) is 0 Å². The van der Waals surface area contributed by atoms with Crippen LogP contribution in [-0.4, -0.2) is 19.1 Å². The van der Waals surface area contributed by atoms with E-state index in [2.05, 4.69) is 167 Å². The third-order valence-electron chi connectivity index (χ3n) is 10.8. The van der Waals surface area contributed by atoms with Crippen LogP contribution in [0.25, 0.3) is 66.0 Å². The Hall–Kier alpha value is -6.52. The molecule has 234 valence electrons. The zero-order valence-corrected chi connectivity index (χ0v) is 27.1. The molecular formula is C46H30N4. The van der Waals surface area contributed by atoms with Crippen molar-refractivity contribution in [2.45, 2.75) is 11.8 Å². The van der Waals surface area contributed by atoms with Crippen LogP contribution in [-0.2, 0) is 0 Å². The van der Waals surface area contributed by atoms with Crippen molar-refractivity contribution in [3.63, 3.8) is 0 Å². The van der Waals surface area contributed by atoms with Crippen LogP contribution in [0.1, 0.15) is 34.1 Å². The van der Waals surface area contributed by atoms with E-state index in [1.54, 1.807) is 0 Å². The van der Waals surface area contributed by atoms with E-state index in [9.17, 15) is 0 Å². The Morgan fingerprint density at radius 3 is 1.54 bits per heavy atom. The summed E-state index contributed by atoms with van der Waals surface area (Å²) in [5.41, 5.74) is 10.8. The van der Waals surface area contributed by atoms with Gasteiger partial charge >= 0.3 is 0 Å². The second-order valence-electron chi connectivity index (χ2n) is 13.4.